The van der Waals surface area contributed by atoms with Gasteiger partial charge in [0, 0.05) is 29.3 Å². The molecular formula is C21H22ClN3O2S. The molecule has 1 aromatic carbocycles. The third kappa shape index (κ3) is 3.98. The van der Waals surface area contributed by atoms with Crippen molar-refractivity contribution in [3.8, 4) is 0 Å². The molecule has 0 unspecified atom stereocenters. The molecule has 2 heterocycles. The molecule has 0 saturated heterocycles. The zero-order valence-corrected chi connectivity index (χ0v) is 17.3. The lowest BCUT2D eigenvalue weighted by Gasteiger charge is -2.17. The Bertz CT molecular complexity index is 1090. The number of aromatic nitrogens is 2. The fourth-order valence-electron chi connectivity index (χ4n) is 3.67. The first-order valence-corrected chi connectivity index (χ1v) is 10.7. The van der Waals surface area contributed by atoms with Gasteiger partial charge in [0.05, 0.1) is 5.39 Å². The molecule has 2 aromatic heterocycles. The predicted molar refractivity (Wildman–Crippen MR) is 113 cm³/mol. The van der Waals surface area contributed by atoms with Crippen LogP contribution in [0.15, 0.2) is 29.1 Å². The van der Waals surface area contributed by atoms with Crippen LogP contribution < -0.4 is 10.9 Å². The summed E-state index contributed by atoms with van der Waals surface area (Å²) in [7, 11) is 0. The number of benzene rings is 1. The summed E-state index contributed by atoms with van der Waals surface area (Å²) in [4.78, 5) is 34.4. The lowest BCUT2D eigenvalue weighted by atomic mass is 9.89. The predicted octanol–water partition coefficient (Wildman–Crippen LogP) is 4.01. The van der Waals surface area contributed by atoms with E-state index in [1.54, 1.807) is 17.4 Å². The van der Waals surface area contributed by atoms with Crippen LogP contribution in [-0.2, 0) is 30.6 Å². The molecule has 2 N–H and O–H groups in total. The number of H-pyrrole nitrogens is 1. The first kappa shape index (κ1) is 19.2. The van der Waals surface area contributed by atoms with Crippen molar-refractivity contribution in [2.45, 2.75) is 45.6 Å². The normalized spacial score (nSPS) is 16.1. The minimum atomic E-state index is -0.0954. The number of fused-ring (bicyclic) bond motifs is 3. The van der Waals surface area contributed by atoms with E-state index in [4.69, 9.17) is 11.6 Å². The van der Waals surface area contributed by atoms with Gasteiger partial charge in [0.2, 0.25) is 5.91 Å². The summed E-state index contributed by atoms with van der Waals surface area (Å²) in [6.07, 6.45) is 3.76. The third-order valence-corrected chi connectivity index (χ3v) is 6.75. The smallest absolute Gasteiger partial charge is 0.259 e. The molecule has 1 atom stereocenters. The number of hydrogen-bond acceptors (Lipinski definition) is 4. The molecule has 0 spiro atoms. The number of amides is 1. The highest BCUT2D eigenvalue weighted by molar-refractivity contribution is 7.18. The van der Waals surface area contributed by atoms with Gasteiger partial charge in [0.15, 0.2) is 0 Å². The number of aromatic amines is 1. The molecule has 1 amide bonds. The Balaban J connectivity index is 1.43. The van der Waals surface area contributed by atoms with E-state index >= 15 is 0 Å². The second kappa shape index (κ2) is 8.05. The molecule has 0 bridgehead atoms. The lowest BCUT2D eigenvalue weighted by Crippen LogP contribution is -2.24. The number of halogens is 1. The molecule has 3 aromatic rings. The average molecular weight is 416 g/mol. The number of hydrogen-bond donors (Lipinski definition) is 2. The third-order valence-electron chi connectivity index (χ3n) is 5.24. The Morgan fingerprint density at radius 3 is 3.04 bits per heavy atom. The van der Waals surface area contributed by atoms with Gasteiger partial charge in [-0.25, -0.2) is 4.98 Å². The van der Waals surface area contributed by atoms with Crippen molar-refractivity contribution in [2.75, 3.05) is 0 Å². The van der Waals surface area contributed by atoms with E-state index < -0.39 is 0 Å². The number of nitrogens with one attached hydrogen (secondary N) is 2. The number of nitrogens with zero attached hydrogens (tertiary/aromatic N) is 1. The Morgan fingerprint density at radius 2 is 2.21 bits per heavy atom. The van der Waals surface area contributed by atoms with Gasteiger partial charge < -0.3 is 10.3 Å². The number of carbonyl (C=O) groups excluding carboxylic acids is 1. The van der Waals surface area contributed by atoms with Crippen molar-refractivity contribution < 1.29 is 4.79 Å². The van der Waals surface area contributed by atoms with E-state index in [9.17, 15) is 9.59 Å². The molecule has 146 valence electrons. The standard InChI is InChI=1S/C21H22ClN3O2S/c1-12-6-7-14-16(10-12)28-21-19(14)20(27)24-17(25-21)8-9-18(26)23-11-13-4-2-3-5-15(13)22/h2-5,12H,6-11H2,1H3,(H,23,26)(H,24,25,27)/t12-/m0/s1. The van der Waals surface area contributed by atoms with Gasteiger partial charge in [0.1, 0.15) is 10.7 Å². The topological polar surface area (TPSA) is 74.8 Å². The minimum absolute atomic E-state index is 0.0801. The molecule has 1 aliphatic rings. The van der Waals surface area contributed by atoms with Crippen LogP contribution in [0.2, 0.25) is 5.02 Å². The van der Waals surface area contributed by atoms with E-state index in [0.717, 1.165) is 35.0 Å². The first-order valence-electron chi connectivity index (χ1n) is 9.55. The zero-order chi connectivity index (χ0) is 19.7. The lowest BCUT2D eigenvalue weighted by molar-refractivity contribution is -0.121. The average Bonchev–Trinajstić information content (AvgIpc) is 3.03. The van der Waals surface area contributed by atoms with Gasteiger partial charge in [0.25, 0.3) is 5.56 Å². The second-order valence-electron chi connectivity index (χ2n) is 7.41. The van der Waals surface area contributed by atoms with Gasteiger partial charge in [-0.2, -0.15) is 0 Å². The Morgan fingerprint density at radius 1 is 1.39 bits per heavy atom. The van der Waals surface area contributed by atoms with Gasteiger partial charge in [-0.15, -0.1) is 11.3 Å². The Hall–Kier alpha value is -2.18. The number of thiophene rings is 1. The zero-order valence-electron chi connectivity index (χ0n) is 15.7. The number of rotatable bonds is 5. The van der Waals surface area contributed by atoms with Crippen molar-refractivity contribution in [3.05, 3.63) is 61.5 Å². The highest BCUT2D eigenvalue weighted by atomic mass is 35.5. The van der Waals surface area contributed by atoms with Gasteiger partial charge in [-0.1, -0.05) is 36.7 Å². The van der Waals surface area contributed by atoms with Crippen LogP contribution in [0.25, 0.3) is 10.2 Å². The van der Waals surface area contributed by atoms with E-state index in [-0.39, 0.29) is 17.9 Å². The van der Waals surface area contributed by atoms with Crippen molar-refractivity contribution in [3.63, 3.8) is 0 Å². The summed E-state index contributed by atoms with van der Waals surface area (Å²) >= 11 is 7.73. The molecule has 0 fully saturated rings. The molecule has 4 rings (SSSR count). The van der Waals surface area contributed by atoms with Crippen LogP contribution in [0, 0.1) is 5.92 Å². The monoisotopic (exact) mass is 415 g/mol. The summed E-state index contributed by atoms with van der Waals surface area (Å²) in [5.41, 5.74) is 1.98. The van der Waals surface area contributed by atoms with Crippen LogP contribution in [0.5, 0.6) is 0 Å². The van der Waals surface area contributed by atoms with Gasteiger partial charge in [-0.05, 0) is 42.4 Å². The Kier molecular flexibility index (Phi) is 5.51. The molecule has 7 heteroatoms. The van der Waals surface area contributed by atoms with E-state index in [2.05, 4.69) is 22.2 Å². The SMILES string of the molecule is C[C@H]1CCc2c(sc3nc(CCC(=O)NCc4ccccc4Cl)[nH]c(=O)c23)C1. The van der Waals surface area contributed by atoms with Crippen molar-refractivity contribution in [2.24, 2.45) is 5.92 Å². The van der Waals surface area contributed by atoms with E-state index in [0.29, 0.717) is 29.7 Å². The number of carbonyl (C=O) groups is 1. The summed E-state index contributed by atoms with van der Waals surface area (Å²) < 4.78 is 0. The molecule has 5 nitrogen and oxygen atoms in total. The van der Waals surface area contributed by atoms with Crippen LogP contribution in [-0.4, -0.2) is 15.9 Å². The first-order chi connectivity index (χ1) is 13.5. The Labute approximate surface area is 172 Å². The van der Waals surface area contributed by atoms with Crippen LogP contribution in [0.3, 0.4) is 0 Å². The molecular weight excluding hydrogens is 394 g/mol. The minimum Gasteiger partial charge on any atom is -0.352 e. The molecule has 0 radical (unpaired) electrons. The fraction of sp³-hybridized carbons (Fsp3) is 0.381. The second-order valence-corrected chi connectivity index (χ2v) is 8.90. The number of aryl methyl sites for hydroxylation is 2. The fourth-order valence-corrected chi connectivity index (χ4v) is 5.27. The van der Waals surface area contributed by atoms with Gasteiger partial charge in [-0.3, -0.25) is 9.59 Å². The molecule has 1 aliphatic carbocycles. The molecule has 0 aliphatic heterocycles. The quantitative estimate of drug-likeness (QED) is 0.661. The molecule has 28 heavy (non-hydrogen) atoms. The maximum absolute atomic E-state index is 12.6. The maximum atomic E-state index is 12.6. The van der Waals surface area contributed by atoms with Crippen LogP contribution >= 0.6 is 22.9 Å². The van der Waals surface area contributed by atoms with Gasteiger partial charge >= 0.3 is 0 Å². The van der Waals surface area contributed by atoms with Crippen molar-refractivity contribution in [1.29, 1.82) is 0 Å². The summed E-state index contributed by atoms with van der Waals surface area (Å²) in [6, 6.07) is 7.43. The largest absolute Gasteiger partial charge is 0.352 e. The highest BCUT2D eigenvalue weighted by Crippen LogP contribution is 2.35. The maximum Gasteiger partial charge on any atom is 0.259 e. The van der Waals surface area contributed by atoms with Crippen molar-refractivity contribution >= 4 is 39.1 Å². The molecule has 0 saturated carbocycles. The summed E-state index contributed by atoms with van der Waals surface area (Å²) in [6.45, 7) is 2.63. The van der Waals surface area contributed by atoms with Crippen molar-refractivity contribution in [1.82, 2.24) is 15.3 Å². The van der Waals surface area contributed by atoms with Crippen LogP contribution in [0.4, 0.5) is 0 Å². The summed E-state index contributed by atoms with van der Waals surface area (Å²) in [5, 5.41) is 4.25. The highest BCUT2D eigenvalue weighted by Gasteiger charge is 2.23. The van der Waals surface area contributed by atoms with E-state index in [1.165, 1.54) is 10.4 Å². The van der Waals surface area contributed by atoms with Crippen LogP contribution in [0.1, 0.15) is 41.6 Å². The van der Waals surface area contributed by atoms with E-state index in [1.807, 2.05) is 18.2 Å². The summed E-state index contributed by atoms with van der Waals surface area (Å²) in [5.74, 6) is 1.12.